The highest BCUT2D eigenvalue weighted by Crippen LogP contribution is 2.31. The molecule has 2 aromatic rings. The minimum absolute atomic E-state index is 0.581. The topological polar surface area (TPSA) is 80.9 Å². The highest BCUT2D eigenvalue weighted by molar-refractivity contribution is 5.35. The fraction of sp³-hybridized carbons (Fsp3) is 0.333. The van der Waals surface area contributed by atoms with Gasteiger partial charge in [-0.05, 0) is 22.3 Å². The second-order valence-corrected chi connectivity index (χ2v) is 5.83. The summed E-state index contributed by atoms with van der Waals surface area (Å²) in [6.07, 6.45) is -1.40. The molecule has 0 aliphatic heterocycles. The third-order valence-corrected chi connectivity index (χ3v) is 4.33. The van der Waals surface area contributed by atoms with Crippen molar-refractivity contribution in [3.05, 3.63) is 70.8 Å². The maximum Gasteiger partial charge on any atom is 0.105 e. The van der Waals surface area contributed by atoms with Crippen molar-refractivity contribution in [1.29, 1.82) is 0 Å². The zero-order chi connectivity index (χ0) is 15.7. The summed E-state index contributed by atoms with van der Waals surface area (Å²) in [5.41, 5.74) is 3.88. The van der Waals surface area contributed by atoms with Crippen LogP contribution in [-0.4, -0.2) is 32.6 Å². The van der Waals surface area contributed by atoms with Gasteiger partial charge in [0.25, 0.3) is 0 Å². The molecule has 2 aliphatic rings. The SMILES string of the molecule is O[C@@H]1Cc2ccccc2[C@H]1O.O[C@@H]1Cc2ccccc2[C@H]1O. The maximum absolute atomic E-state index is 9.40. The number of hydrogen-bond donors (Lipinski definition) is 4. The minimum Gasteiger partial charge on any atom is -0.390 e. The van der Waals surface area contributed by atoms with Crippen molar-refractivity contribution in [2.75, 3.05) is 0 Å². The van der Waals surface area contributed by atoms with Crippen molar-refractivity contribution >= 4 is 0 Å². The van der Waals surface area contributed by atoms with Crippen LogP contribution in [0.25, 0.3) is 0 Å². The average molecular weight is 300 g/mol. The Kier molecular flexibility index (Phi) is 4.27. The molecule has 0 amide bonds. The Labute approximate surface area is 129 Å². The van der Waals surface area contributed by atoms with E-state index in [2.05, 4.69) is 0 Å². The third-order valence-electron chi connectivity index (χ3n) is 4.33. The molecule has 0 fully saturated rings. The Balaban J connectivity index is 0.000000131. The van der Waals surface area contributed by atoms with Crippen LogP contribution in [-0.2, 0) is 12.8 Å². The van der Waals surface area contributed by atoms with Crippen LogP contribution < -0.4 is 0 Å². The van der Waals surface area contributed by atoms with E-state index < -0.39 is 24.4 Å². The lowest BCUT2D eigenvalue weighted by molar-refractivity contribution is 0.0326. The summed E-state index contributed by atoms with van der Waals surface area (Å²) in [4.78, 5) is 0. The second kappa shape index (κ2) is 6.18. The average Bonchev–Trinajstić information content (AvgIpc) is 2.98. The van der Waals surface area contributed by atoms with Gasteiger partial charge in [-0.3, -0.25) is 0 Å². The molecule has 4 rings (SSSR count). The molecular weight excluding hydrogens is 280 g/mol. The van der Waals surface area contributed by atoms with Gasteiger partial charge in [-0.15, -0.1) is 0 Å². The van der Waals surface area contributed by atoms with Crippen LogP contribution in [0, 0.1) is 0 Å². The highest BCUT2D eigenvalue weighted by atomic mass is 16.3. The van der Waals surface area contributed by atoms with Crippen molar-refractivity contribution in [1.82, 2.24) is 0 Å². The molecule has 4 heteroatoms. The van der Waals surface area contributed by atoms with Crippen LogP contribution in [0.3, 0.4) is 0 Å². The smallest absolute Gasteiger partial charge is 0.105 e. The van der Waals surface area contributed by atoms with Crippen LogP contribution >= 0.6 is 0 Å². The van der Waals surface area contributed by atoms with E-state index in [1.165, 1.54) is 0 Å². The molecule has 0 bridgehead atoms. The van der Waals surface area contributed by atoms with Crippen LogP contribution in [0.5, 0.6) is 0 Å². The van der Waals surface area contributed by atoms with E-state index in [9.17, 15) is 20.4 Å². The predicted molar refractivity (Wildman–Crippen MR) is 82.2 cm³/mol. The summed E-state index contributed by atoms with van der Waals surface area (Å²) in [6.45, 7) is 0. The van der Waals surface area contributed by atoms with Crippen LogP contribution in [0.1, 0.15) is 34.5 Å². The second-order valence-electron chi connectivity index (χ2n) is 5.83. The molecule has 0 unspecified atom stereocenters. The first-order valence-electron chi connectivity index (χ1n) is 7.46. The summed E-state index contributed by atoms with van der Waals surface area (Å²) < 4.78 is 0. The summed E-state index contributed by atoms with van der Waals surface area (Å²) in [5.74, 6) is 0. The molecule has 0 saturated carbocycles. The van der Waals surface area contributed by atoms with Gasteiger partial charge in [-0.2, -0.15) is 0 Å². The molecule has 0 radical (unpaired) electrons. The Morgan fingerprint density at radius 1 is 0.591 bits per heavy atom. The highest BCUT2D eigenvalue weighted by Gasteiger charge is 2.28. The third kappa shape index (κ3) is 2.78. The summed E-state index contributed by atoms with van der Waals surface area (Å²) in [6, 6.07) is 15.2. The largest absolute Gasteiger partial charge is 0.390 e. The lowest BCUT2D eigenvalue weighted by Crippen LogP contribution is -2.11. The Morgan fingerprint density at radius 3 is 1.32 bits per heavy atom. The summed E-state index contributed by atoms with van der Waals surface area (Å²) in [7, 11) is 0. The molecule has 0 heterocycles. The Bertz CT molecular complexity index is 598. The van der Waals surface area contributed by atoms with Gasteiger partial charge in [-0.25, -0.2) is 0 Å². The summed E-state index contributed by atoms with van der Waals surface area (Å²) in [5, 5.41) is 37.3. The first-order valence-corrected chi connectivity index (χ1v) is 7.46. The maximum atomic E-state index is 9.40. The van der Waals surface area contributed by atoms with E-state index in [0.29, 0.717) is 12.8 Å². The zero-order valence-electron chi connectivity index (χ0n) is 12.1. The molecule has 4 N–H and O–H groups in total. The number of benzene rings is 2. The first-order chi connectivity index (χ1) is 10.6. The molecule has 4 nitrogen and oxygen atoms in total. The van der Waals surface area contributed by atoms with Crippen molar-refractivity contribution in [2.45, 2.75) is 37.3 Å². The number of aliphatic hydroxyl groups excluding tert-OH is 4. The number of fused-ring (bicyclic) bond motifs is 2. The zero-order valence-corrected chi connectivity index (χ0v) is 12.1. The van der Waals surface area contributed by atoms with Crippen molar-refractivity contribution in [2.24, 2.45) is 0 Å². The predicted octanol–water partition coefficient (Wildman–Crippen LogP) is 1.27. The first kappa shape index (κ1) is 15.2. The van der Waals surface area contributed by atoms with Gasteiger partial charge in [0.05, 0.1) is 12.2 Å². The van der Waals surface area contributed by atoms with Gasteiger partial charge < -0.3 is 20.4 Å². The molecule has 0 saturated heterocycles. The molecule has 116 valence electrons. The fourth-order valence-electron chi connectivity index (χ4n) is 3.11. The minimum atomic E-state index is -0.675. The molecule has 2 aromatic carbocycles. The quantitative estimate of drug-likeness (QED) is 0.591. The van der Waals surface area contributed by atoms with E-state index in [1.54, 1.807) is 0 Å². The fourth-order valence-corrected chi connectivity index (χ4v) is 3.11. The van der Waals surface area contributed by atoms with Crippen LogP contribution in [0.2, 0.25) is 0 Å². The molecule has 22 heavy (non-hydrogen) atoms. The normalized spacial score (nSPS) is 28.5. The molecule has 4 atom stereocenters. The van der Waals surface area contributed by atoms with Crippen molar-refractivity contribution in [3.8, 4) is 0 Å². The van der Waals surface area contributed by atoms with Gasteiger partial charge in [-0.1, -0.05) is 48.5 Å². The lowest BCUT2D eigenvalue weighted by atomic mass is 10.1. The van der Waals surface area contributed by atoms with E-state index in [1.807, 2.05) is 48.5 Å². The molecule has 0 aromatic heterocycles. The van der Waals surface area contributed by atoms with Gasteiger partial charge in [0, 0.05) is 12.8 Å². The van der Waals surface area contributed by atoms with Gasteiger partial charge >= 0.3 is 0 Å². The molecule has 2 aliphatic carbocycles. The van der Waals surface area contributed by atoms with E-state index in [0.717, 1.165) is 22.3 Å². The van der Waals surface area contributed by atoms with Crippen LogP contribution in [0.15, 0.2) is 48.5 Å². The number of rotatable bonds is 0. The van der Waals surface area contributed by atoms with E-state index >= 15 is 0 Å². The van der Waals surface area contributed by atoms with Crippen molar-refractivity contribution < 1.29 is 20.4 Å². The van der Waals surface area contributed by atoms with Crippen LogP contribution in [0.4, 0.5) is 0 Å². The lowest BCUT2D eigenvalue weighted by Gasteiger charge is -2.06. The number of aliphatic hydroxyl groups is 4. The monoisotopic (exact) mass is 300 g/mol. The molecule has 0 spiro atoms. The van der Waals surface area contributed by atoms with Crippen molar-refractivity contribution in [3.63, 3.8) is 0 Å². The van der Waals surface area contributed by atoms with Gasteiger partial charge in [0.15, 0.2) is 0 Å². The Morgan fingerprint density at radius 2 is 0.955 bits per heavy atom. The van der Waals surface area contributed by atoms with E-state index in [-0.39, 0.29) is 0 Å². The standard InChI is InChI=1S/2C9H10O2/c2*10-8-5-6-3-1-2-4-7(6)9(8)11/h2*1-4,8-11H,5H2/t2*8-,9-/m11/s1. The Hall–Kier alpha value is -1.72. The van der Waals surface area contributed by atoms with Gasteiger partial charge in [0.1, 0.15) is 12.2 Å². The van der Waals surface area contributed by atoms with Gasteiger partial charge in [0.2, 0.25) is 0 Å². The molecular formula is C18H20O4. The summed E-state index contributed by atoms with van der Waals surface area (Å²) >= 11 is 0. The number of hydrogen-bond acceptors (Lipinski definition) is 4. The van der Waals surface area contributed by atoms with E-state index in [4.69, 9.17) is 0 Å².